The van der Waals surface area contributed by atoms with Crippen molar-refractivity contribution in [2.75, 3.05) is 13.2 Å². The summed E-state index contributed by atoms with van der Waals surface area (Å²) in [4.78, 5) is 24.7. The lowest BCUT2D eigenvalue weighted by Crippen LogP contribution is -2.50. The van der Waals surface area contributed by atoms with Crippen LogP contribution in [-0.2, 0) is 27.3 Å². The molecule has 0 saturated carbocycles. The molecular formula is C18H22N4O3. The number of amides is 1. The topological polar surface area (TPSA) is 86.2 Å². The van der Waals surface area contributed by atoms with Gasteiger partial charge >= 0.3 is 0 Å². The van der Waals surface area contributed by atoms with Crippen molar-refractivity contribution in [2.24, 2.45) is 0 Å². The first-order valence-electron chi connectivity index (χ1n) is 8.45. The normalized spacial score (nSPS) is 20.2. The van der Waals surface area contributed by atoms with Gasteiger partial charge in [-0.05, 0) is 25.0 Å². The molecule has 0 bridgehead atoms. The Morgan fingerprint density at radius 3 is 2.96 bits per heavy atom. The lowest BCUT2D eigenvalue weighted by Gasteiger charge is -2.32. The summed E-state index contributed by atoms with van der Waals surface area (Å²) in [6.07, 6.45) is 8.27. The average molecular weight is 342 g/mol. The summed E-state index contributed by atoms with van der Waals surface area (Å²) in [7, 11) is 0. The number of hydrogen-bond donors (Lipinski definition) is 1. The summed E-state index contributed by atoms with van der Waals surface area (Å²) in [6.45, 7) is 1.53. The Bertz CT molecular complexity index is 654. The average Bonchev–Trinajstić information content (AvgIpc) is 2.67. The fraction of sp³-hybridized carbons (Fsp3) is 0.444. The van der Waals surface area contributed by atoms with Crippen LogP contribution in [0.1, 0.15) is 24.2 Å². The number of aromatic nitrogens is 3. The summed E-state index contributed by atoms with van der Waals surface area (Å²) >= 11 is 0. The zero-order valence-corrected chi connectivity index (χ0v) is 14.0. The van der Waals surface area contributed by atoms with E-state index in [-0.39, 0.29) is 18.1 Å². The molecule has 1 N–H and O–H groups in total. The highest BCUT2D eigenvalue weighted by Gasteiger charge is 2.28. The summed E-state index contributed by atoms with van der Waals surface area (Å²) in [5, 5.41) is 3.02. The molecule has 25 heavy (non-hydrogen) atoms. The molecule has 1 fully saturated rings. The predicted octanol–water partition coefficient (Wildman–Crippen LogP) is 1.29. The van der Waals surface area contributed by atoms with E-state index in [1.165, 1.54) is 0 Å². The molecule has 1 aliphatic rings. The van der Waals surface area contributed by atoms with Gasteiger partial charge in [0, 0.05) is 37.8 Å². The van der Waals surface area contributed by atoms with Crippen molar-refractivity contribution in [3.05, 3.63) is 54.4 Å². The number of carbonyl (C=O) groups is 1. The van der Waals surface area contributed by atoms with Crippen molar-refractivity contribution in [3.63, 3.8) is 0 Å². The molecule has 0 radical (unpaired) electrons. The first-order chi connectivity index (χ1) is 12.3. The van der Waals surface area contributed by atoms with E-state index in [0.29, 0.717) is 32.7 Å². The maximum Gasteiger partial charge on any atom is 0.220 e. The highest BCUT2D eigenvalue weighted by atomic mass is 16.5. The van der Waals surface area contributed by atoms with Crippen molar-refractivity contribution in [3.8, 4) is 0 Å². The number of hydrogen-bond acceptors (Lipinski definition) is 6. The SMILES string of the molecule is O=C(CCc1cnccn1)N[C@@H]1COCC[C@H]1OCc1ccccn1. The molecular weight excluding hydrogens is 320 g/mol. The predicted molar refractivity (Wildman–Crippen MR) is 90.5 cm³/mol. The fourth-order valence-corrected chi connectivity index (χ4v) is 2.71. The molecule has 2 aromatic heterocycles. The van der Waals surface area contributed by atoms with Crippen LogP contribution in [0.15, 0.2) is 43.0 Å². The smallest absolute Gasteiger partial charge is 0.220 e. The Hall–Kier alpha value is -2.38. The molecule has 7 heteroatoms. The second kappa shape index (κ2) is 9.19. The zero-order chi connectivity index (χ0) is 17.3. The van der Waals surface area contributed by atoms with Crippen molar-refractivity contribution in [2.45, 2.75) is 38.0 Å². The van der Waals surface area contributed by atoms with E-state index in [0.717, 1.165) is 17.8 Å². The van der Waals surface area contributed by atoms with E-state index in [1.54, 1.807) is 24.8 Å². The van der Waals surface area contributed by atoms with Crippen LogP contribution in [0.25, 0.3) is 0 Å². The molecule has 3 rings (SSSR count). The van der Waals surface area contributed by atoms with Crippen LogP contribution in [0.4, 0.5) is 0 Å². The van der Waals surface area contributed by atoms with Crippen LogP contribution < -0.4 is 5.32 Å². The number of carbonyl (C=O) groups excluding carboxylic acids is 1. The van der Waals surface area contributed by atoms with Gasteiger partial charge in [0.15, 0.2) is 0 Å². The highest BCUT2D eigenvalue weighted by molar-refractivity contribution is 5.76. The maximum atomic E-state index is 12.2. The van der Waals surface area contributed by atoms with Crippen LogP contribution in [0.2, 0.25) is 0 Å². The third kappa shape index (κ3) is 5.58. The van der Waals surface area contributed by atoms with Gasteiger partial charge < -0.3 is 14.8 Å². The molecule has 2 atom stereocenters. The molecule has 0 aliphatic carbocycles. The van der Waals surface area contributed by atoms with Crippen molar-refractivity contribution < 1.29 is 14.3 Å². The Kier molecular flexibility index (Phi) is 6.42. The molecule has 2 aromatic rings. The Balaban J connectivity index is 1.47. The standard InChI is InChI=1S/C18H22N4O3/c23-18(5-4-14-11-19-8-9-21-14)22-16-13-24-10-6-17(16)25-12-15-3-1-2-7-20-15/h1-3,7-9,11,16-17H,4-6,10,12-13H2,(H,22,23)/t16-,17-/m1/s1. The molecule has 132 valence electrons. The second-order valence-electron chi connectivity index (χ2n) is 5.90. The van der Waals surface area contributed by atoms with Gasteiger partial charge in [0.1, 0.15) is 0 Å². The van der Waals surface area contributed by atoms with Crippen LogP contribution in [0, 0.1) is 0 Å². The first-order valence-corrected chi connectivity index (χ1v) is 8.45. The number of pyridine rings is 1. The van der Waals surface area contributed by atoms with Crippen LogP contribution in [-0.4, -0.2) is 46.2 Å². The molecule has 0 spiro atoms. The highest BCUT2D eigenvalue weighted by Crippen LogP contribution is 2.14. The zero-order valence-electron chi connectivity index (χ0n) is 14.0. The molecule has 1 aliphatic heterocycles. The third-order valence-electron chi connectivity index (χ3n) is 4.04. The van der Waals surface area contributed by atoms with Gasteiger partial charge in [-0.1, -0.05) is 6.07 Å². The lowest BCUT2D eigenvalue weighted by atomic mass is 10.1. The van der Waals surface area contributed by atoms with Crippen LogP contribution >= 0.6 is 0 Å². The number of nitrogens with zero attached hydrogens (tertiary/aromatic N) is 3. The second-order valence-corrected chi connectivity index (χ2v) is 5.90. The molecule has 0 unspecified atom stereocenters. The molecule has 1 amide bonds. The van der Waals surface area contributed by atoms with E-state index in [2.05, 4.69) is 20.3 Å². The van der Waals surface area contributed by atoms with Gasteiger partial charge in [-0.3, -0.25) is 19.7 Å². The minimum atomic E-state index is -0.146. The van der Waals surface area contributed by atoms with Crippen molar-refractivity contribution >= 4 is 5.91 Å². The number of ether oxygens (including phenoxy) is 2. The van der Waals surface area contributed by atoms with Gasteiger partial charge in [0.25, 0.3) is 0 Å². The van der Waals surface area contributed by atoms with E-state index >= 15 is 0 Å². The van der Waals surface area contributed by atoms with Gasteiger partial charge in [-0.25, -0.2) is 0 Å². The number of aryl methyl sites for hydroxylation is 1. The van der Waals surface area contributed by atoms with Gasteiger partial charge in [0.05, 0.1) is 36.7 Å². The maximum absolute atomic E-state index is 12.2. The van der Waals surface area contributed by atoms with Crippen molar-refractivity contribution in [1.82, 2.24) is 20.3 Å². The third-order valence-corrected chi connectivity index (χ3v) is 4.04. The monoisotopic (exact) mass is 342 g/mol. The summed E-state index contributed by atoms with van der Waals surface area (Å²) in [6, 6.07) is 5.58. The Morgan fingerprint density at radius 1 is 1.24 bits per heavy atom. The van der Waals surface area contributed by atoms with E-state index < -0.39 is 0 Å². The van der Waals surface area contributed by atoms with E-state index in [4.69, 9.17) is 9.47 Å². The van der Waals surface area contributed by atoms with Crippen LogP contribution in [0.5, 0.6) is 0 Å². The fourth-order valence-electron chi connectivity index (χ4n) is 2.71. The minimum absolute atomic E-state index is 0.0346. The van der Waals surface area contributed by atoms with E-state index in [9.17, 15) is 4.79 Å². The summed E-state index contributed by atoms with van der Waals surface area (Å²) in [5.74, 6) is -0.0346. The van der Waals surface area contributed by atoms with Gasteiger partial charge in [-0.2, -0.15) is 0 Å². The van der Waals surface area contributed by atoms with Crippen molar-refractivity contribution in [1.29, 1.82) is 0 Å². The molecule has 7 nitrogen and oxygen atoms in total. The number of nitrogens with one attached hydrogen (secondary N) is 1. The Morgan fingerprint density at radius 2 is 2.16 bits per heavy atom. The summed E-state index contributed by atoms with van der Waals surface area (Å²) in [5.41, 5.74) is 1.68. The van der Waals surface area contributed by atoms with Gasteiger partial charge in [-0.15, -0.1) is 0 Å². The quantitative estimate of drug-likeness (QED) is 0.816. The van der Waals surface area contributed by atoms with Crippen LogP contribution in [0.3, 0.4) is 0 Å². The molecule has 1 saturated heterocycles. The summed E-state index contributed by atoms with van der Waals surface area (Å²) < 4.78 is 11.5. The van der Waals surface area contributed by atoms with E-state index in [1.807, 2.05) is 18.2 Å². The molecule has 0 aromatic carbocycles. The van der Waals surface area contributed by atoms with Gasteiger partial charge in [0.2, 0.25) is 5.91 Å². The lowest BCUT2D eigenvalue weighted by molar-refractivity contribution is -0.126. The molecule has 3 heterocycles. The largest absolute Gasteiger partial charge is 0.379 e. The Labute approximate surface area is 146 Å². The minimum Gasteiger partial charge on any atom is -0.379 e. The number of rotatable bonds is 7. The first kappa shape index (κ1) is 17.4.